The molecule has 358 valence electrons. The minimum atomic E-state index is -9.59. The van der Waals surface area contributed by atoms with Crippen LogP contribution in [-0.2, 0) is 14.3 Å². The number of carbonyl (C=O) groups is 2. The summed E-state index contributed by atoms with van der Waals surface area (Å²) < 4.78 is 462. The van der Waals surface area contributed by atoms with E-state index in [-0.39, 0.29) is 0 Å². The third kappa shape index (κ3) is 7.39. The molecule has 0 radical (unpaired) electrons. The largest absolute Gasteiger partial charge is 0.481 e. The molecule has 0 fully saturated rings. The number of alkyl halides is 34. The molecule has 0 saturated heterocycles. The van der Waals surface area contributed by atoms with Crippen LogP contribution >= 0.6 is 0 Å². The second kappa shape index (κ2) is 14.6. The van der Waals surface area contributed by atoms with Crippen molar-refractivity contribution in [3.05, 3.63) is 0 Å². The number of esters is 1. The number of aliphatic carboxylic acids is 1. The Balaban J connectivity index is 7.80. The molecule has 38 heteroatoms. The molecular weight excluding hydrogens is 974 g/mol. The first-order chi connectivity index (χ1) is 25.3. The van der Waals surface area contributed by atoms with Crippen molar-refractivity contribution < 1.29 is 169 Å². The highest BCUT2D eigenvalue weighted by molar-refractivity contribution is 5.76. The number of carboxylic acid groups (broad SMARTS) is 1. The van der Waals surface area contributed by atoms with E-state index in [1.165, 1.54) is 0 Å². The van der Waals surface area contributed by atoms with Gasteiger partial charge in [0.2, 0.25) is 0 Å². The van der Waals surface area contributed by atoms with E-state index in [1.807, 2.05) is 0 Å². The molecule has 2 atom stereocenters. The molecule has 60 heavy (non-hydrogen) atoms. The monoisotopic (exact) mass is 982 g/mol. The molecule has 0 spiro atoms. The lowest BCUT2D eigenvalue weighted by molar-refractivity contribution is -0.475. The lowest BCUT2D eigenvalue weighted by Crippen LogP contribution is -2.75. The third-order valence-corrected chi connectivity index (χ3v) is 7.38. The Morgan fingerprint density at radius 3 is 0.833 bits per heavy atom. The molecular formula is C22H8F34O4. The van der Waals surface area contributed by atoms with E-state index in [0.29, 0.717) is 0 Å². The number of hydrogen-bond donors (Lipinski definition) is 1. The van der Waals surface area contributed by atoms with Gasteiger partial charge in [-0.05, 0) is 5.92 Å². The van der Waals surface area contributed by atoms with Crippen LogP contribution < -0.4 is 0 Å². The van der Waals surface area contributed by atoms with Gasteiger partial charge in [-0.25, -0.2) is 0 Å². The zero-order chi connectivity index (χ0) is 49.7. The molecule has 2 unspecified atom stereocenters. The Labute approximate surface area is 302 Å². The standard InChI is InChI=1S/C22H8F34O4/c1-3(2-4(57)58)5(7(23,24)8(25,26)9(27,28)10(29,30)11(31,32)14(37,38)17(43,44)20(49,50)51)6(59)60-22(55,56)19(47,48)16(41,42)13(35,36)12(33,34)15(39,40)18(45,46)21(52,53)54/h3,5H,2H2,1H3,(H,57,58). The van der Waals surface area contributed by atoms with E-state index in [9.17, 15) is 159 Å². The number of carboxylic acids is 1. The van der Waals surface area contributed by atoms with Crippen molar-refractivity contribution in [2.24, 2.45) is 11.8 Å². The highest BCUT2D eigenvalue weighted by Gasteiger charge is 2.98. The average Bonchev–Trinajstić information content (AvgIpc) is 2.97. The van der Waals surface area contributed by atoms with Crippen LogP contribution in [0.4, 0.5) is 149 Å². The maximum atomic E-state index is 14.9. The molecule has 0 aromatic carbocycles. The highest BCUT2D eigenvalue weighted by atomic mass is 19.4. The predicted molar refractivity (Wildman–Crippen MR) is 112 cm³/mol. The van der Waals surface area contributed by atoms with Gasteiger partial charge in [0.05, 0.1) is 0 Å². The second-order valence-corrected chi connectivity index (χ2v) is 11.5. The van der Waals surface area contributed by atoms with Gasteiger partial charge in [0.25, 0.3) is 0 Å². The summed E-state index contributed by atoms with van der Waals surface area (Å²) in [5.41, 5.74) is 0. The van der Waals surface area contributed by atoms with Gasteiger partial charge >= 0.3 is 107 Å². The zero-order valence-electron chi connectivity index (χ0n) is 26.4. The normalized spacial score (nSPS) is 17.4. The summed E-state index contributed by atoms with van der Waals surface area (Å²) in [6, 6.07) is 0. The smallest absolute Gasteiger partial charge is 0.473 e. The van der Waals surface area contributed by atoms with Crippen LogP contribution in [0.15, 0.2) is 0 Å². The summed E-state index contributed by atoms with van der Waals surface area (Å²) in [7, 11) is 0. The SMILES string of the molecule is CC(CC(=O)O)C(C(=O)OC(F)(F)C(F)(F)C(F)(F)C(F)(F)C(F)(F)C(F)(F)C(F)(F)C(F)(F)F)C(F)(F)C(F)(F)C(F)(F)C(F)(F)C(F)(F)C(F)(F)C(F)(F)C(F)(F)F. The quantitative estimate of drug-likeness (QED) is 0.110. The predicted octanol–water partition coefficient (Wildman–Crippen LogP) is 11.2. The first-order valence-corrected chi connectivity index (χ1v) is 13.2. The number of carbonyl (C=O) groups excluding carboxylic acids is 1. The average molecular weight is 982 g/mol. The van der Waals surface area contributed by atoms with E-state index in [4.69, 9.17) is 5.11 Å². The van der Waals surface area contributed by atoms with Gasteiger partial charge < -0.3 is 9.84 Å². The van der Waals surface area contributed by atoms with Crippen molar-refractivity contribution in [2.45, 2.75) is 109 Å². The Morgan fingerprint density at radius 2 is 0.600 bits per heavy atom. The summed E-state index contributed by atoms with van der Waals surface area (Å²) in [4.78, 5) is 22.8. The number of rotatable bonds is 18. The molecule has 0 aromatic heterocycles. The number of halogens is 34. The lowest BCUT2D eigenvalue weighted by atomic mass is 9.79. The summed E-state index contributed by atoms with van der Waals surface area (Å²) in [5.74, 6) is -139. The summed E-state index contributed by atoms with van der Waals surface area (Å²) >= 11 is 0. The molecule has 0 aliphatic rings. The Bertz CT molecular complexity index is 1580. The molecule has 0 aliphatic heterocycles. The Kier molecular flexibility index (Phi) is 13.7. The molecule has 0 aliphatic carbocycles. The highest BCUT2D eigenvalue weighted by Crippen LogP contribution is 2.67. The zero-order valence-corrected chi connectivity index (χ0v) is 26.4. The van der Waals surface area contributed by atoms with Crippen LogP contribution in [0.2, 0.25) is 0 Å². The fraction of sp³-hybridized carbons (Fsp3) is 0.909. The van der Waals surface area contributed by atoms with Gasteiger partial charge in [-0.3, -0.25) is 9.59 Å². The number of hydrogen-bond acceptors (Lipinski definition) is 3. The Hall–Kier alpha value is -3.44. The van der Waals surface area contributed by atoms with Crippen LogP contribution in [0.5, 0.6) is 0 Å². The van der Waals surface area contributed by atoms with E-state index >= 15 is 0 Å². The van der Waals surface area contributed by atoms with Gasteiger partial charge in [0.1, 0.15) is 5.92 Å². The van der Waals surface area contributed by atoms with Crippen molar-refractivity contribution in [1.82, 2.24) is 0 Å². The van der Waals surface area contributed by atoms with Gasteiger partial charge in [-0.1, -0.05) is 6.92 Å². The van der Waals surface area contributed by atoms with Crippen LogP contribution in [0.1, 0.15) is 13.3 Å². The van der Waals surface area contributed by atoms with Gasteiger partial charge in [0.15, 0.2) is 0 Å². The van der Waals surface area contributed by atoms with E-state index < -0.39 is 133 Å². The van der Waals surface area contributed by atoms with Crippen molar-refractivity contribution in [3.8, 4) is 0 Å². The minimum Gasteiger partial charge on any atom is -0.481 e. The number of ether oxygens (including phenoxy) is 1. The summed E-state index contributed by atoms with van der Waals surface area (Å²) in [6.45, 7) is -0.838. The summed E-state index contributed by atoms with van der Waals surface area (Å²) in [6.07, 6.45) is -28.3. The maximum Gasteiger partial charge on any atom is 0.473 e. The molecule has 0 saturated carbocycles. The van der Waals surface area contributed by atoms with Crippen LogP contribution in [0, 0.1) is 11.8 Å². The van der Waals surface area contributed by atoms with E-state index in [2.05, 4.69) is 0 Å². The molecule has 1 N–H and O–H groups in total. The van der Waals surface area contributed by atoms with Gasteiger partial charge in [0, 0.05) is 6.42 Å². The fourth-order valence-corrected chi connectivity index (χ4v) is 3.91. The van der Waals surface area contributed by atoms with Crippen LogP contribution in [-0.4, -0.2) is 112 Å². The maximum absolute atomic E-state index is 14.9. The van der Waals surface area contributed by atoms with Crippen molar-refractivity contribution in [1.29, 1.82) is 0 Å². The van der Waals surface area contributed by atoms with Gasteiger partial charge in [-0.2, -0.15) is 149 Å². The Morgan fingerprint density at radius 1 is 0.383 bits per heavy atom. The lowest BCUT2D eigenvalue weighted by Gasteiger charge is -2.44. The molecule has 4 nitrogen and oxygen atoms in total. The van der Waals surface area contributed by atoms with Crippen LogP contribution in [0.25, 0.3) is 0 Å². The van der Waals surface area contributed by atoms with Crippen molar-refractivity contribution in [3.63, 3.8) is 0 Å². The molecule has 0 aromatic rings. The van der Waals surface area contributed by atoms with E-state index in [1.54, 1.807) is 4.74 Å². The summed E-state index contributed by atoms with van der Waals surface area (Å²) in [5, 5.41) is 8.51. The fourth-order valence-electron chi connectivity index (χ4n) is 3.91. The molecule has 0 bridgehead atoms. The van der Waals surface area contributed by atoms with Gasteiger partial charge in [-0.15, -0.1) is 0 Å². The second-order valence-electron chi connectivity index (χ2n) is 11.5. The van der Waals surface area contributed by atoms with Crippen molar-refractivity contribution >= 4 is 11.9 Å². The van der Waals surface area contributed by atoms with Crippen LogP contribution in [0.3, 0.4) is 0 Å². The molecule has 0 amide bonds. The topological polar surface area (TPSA) is 63.6 Å². The minimum absolute atomic E-state index is 0.838. The first kappa shape index (κ1) is 56.6. The van der Waals surface area contributed by atoms with E-state index in [0.717, 1.165) is 0 Å². The third-order valence-electron chi connectivity index (χ3n) is 7.38. The molecule has 0 rings (SSSR count). The first-order valence-electron chi connectivity index (χ1n) is 13.2. The molecule has 0 heterocycles. The van der Waals surface area contributed by atoms with Crippen molar-refractivity contribution in [2.75, 3.05) is 0 Å².